The van der Waals surface area contributed by atoms with Gasteiger partial charge in [-0.1, -0.05) is 48.5 Å². The van der Waals surface area contributed by atoms with E-state index >= 15 is 0 Å². The molecule has 1 aliphatic rings. The Morgan fingerprint density at radius 1 is 0.971 bits per heavy atom. The number of benzene rings is 3. The number of nitrogens with one attached hydrogen (secondary N) is 1. The number of sulfonamides is 1. The van der Waals surface area contributed by atoms with Gasteiger partial charge in [-0.25, -0.2) is 8.42 Å². The molecule has 0 saturated heterocycles. The van der Waals surface area contributed by atoms with Crippen molar-refractivity contribution in [1.29, 1.82) is 0 Å². The Morgan fingerprint density at radius 2 is 1.68 bits per heavy atom. The van der Waals surface area contributed by atoms with Gasteiger partial charge in [0.2, 0.25) is 5.91 Å². The van der Waals surface area contributed by atoms with Crippen molar-refractivity contribution in [3.05, 3.63) is 95.6 Å². The summed E-state index contributed by atoms with van der Waals surface area (Å²) in [6.45, 7) is -0.656. The van der Waals surface area contributed by atoms with Crippen molar-refractivity contribution >= 4 is 21.6 Å². The Hall–Kier alpha value is -3.33. The fraction of sp³-hybridized carbons (Fsp3) is 0.240. The molecule has 0 radical (unpaired) electrons. The van der Waals surface area contributed by atoms with Gasteiger partial charge in [0.25, 0.3) is 10.0 Å². The van der Waals surface area contributed by atoms with Gasteiger partial charge in [0.05, 0.1) is 22.2 Å². The van der Waals surface area contributed by atoms with Gasteiger partial charge in [-0.3, -0.25) is 9.10 Å². The summed E-state index contributed by atoms with van der Waals surface area (Å²) in [6, 6.07) is 18.7. The van der Waals surface area contributed by atoms with Crippen LogP contribution in [0.5, 0.6) is 0 Å². The number of amides is 1. The third-order valence-corrected chi connectivity index (χ3v) is 7.57. The second kappa shape index (κ2) is 9.50. The van der Waals surface area contributed by atoms with Crippen LogP contribution in [0.2, 0.25) is 0 Å². The van der Waals surface area contributed by atoms with Crippen molar-refractivity contribution in [2.75, 3.05) is 10.8 Å². The van der Waals surface area contributed by atoms with E-state index in [9.17, 15) is 26.4 Å². The zero-order chi connectivity index (χ0) is 24.3. The Balaban J connectivity index is 1.66. The molecule has 3 aromatic rings. The minimum Gasteiger partial charge on any atom is -0.348 e. The van der Waals surface area contributed by atoms with Crippen molar-refractivity contribution in [3.63, 3.8) is 0 Å². The van der Waals surface area contributed by atoms with Gasteiger partial charge in [-0.15, -0.1) is 0 Å². The van der Waals surface area contributed by atoms with Gasteiger partial charge in [0, 0.05) is 0 Å². The van der Waals surface area contributed by atoms with Gasteiger partial charge < -0.3 is 5.32 Å². The van der Waals surface area contributed by atoms with Crippen LogP contribution in [0.1, 0.15) is 35.6 Å². The Morgan fingerprint density at radius 3 is 2.41 bits per heavy atom. The second-order valence-corrected chi connectivity index (χ2v) is 9.95. The number of halogens is 3. The highest BCUT2D eigenvalue weighted by Gasteiger charge is 2.33. The van der Waals surface area contributed by atoms with Gasteiger partial charge in [0.1, 0.15) is 6.54 Å². The molecular formula is C25H23F3N2O3S. The molecule has 34 heavy (non-hydrogen) atoms. The molecule has 4 rings (SSSR count). The van der Waals surface area contributed by atoms with Crippen LogP contribution in [0.4, 0.5) is 18.9 Å². The van der Waals surface area contributed by atoms with Crippen LogP contribution in [-0.4, -0.2) is 20.9 Å². The summed E-state index contributed by atoms with van der Waals surface area (Å²) in [7, 11) is -4.31. The highest BCUT2D eigenvalue weighted by atomic mass is 32.2. The molecule has 9 heteroatoms. The number of anilines is 1. The maximum atomic E-state index is 13.4. The molecule has 1 aliphatic carbocycles. The number of hydrogen-bond acceptors (Lipinski definition) is 3. The number of aryl methyl sites for hydroxylation is 1. The molecule has 1 amide bonds. The van der Waals surface area contributed by atoms with Gasteiger partial charge in [0.15, 0.2) is 0 Å². The monoisotopic (exact) mass is 488 g/mol. The number of alkyl halides is 3. The third kappa shape index (κ3) is 5.09. The van der Waals surface area contributed by atoms with E-state index in [1.807, 2.05) is 24.3 Å². The molecule has 0 saturated carbocycles. The highest BCUT2D eigenvalue weighted by Crippen LogP contribution is 2.34. The first-order valence-electron chi connectivity index (χ1n) is 10.8. The molecule has 1 N–H and O–H groups in total. The lowest BCUT2D eigenvalue weighted by atomic mass is 9.88. The number of rotatable bonds is 6. The van der Waals surface area contributed by atoms with Crippen molar-refractivity contribution in [3.8, 4) is 0 Å². The van der Waals surface area contributed by atoms with E-state index in [-0.39, 0.29) is 16.6 Å². The van der Waals surface area contributed by atoms with Gasteiger partial charge >= 0.3 is 6.18 Å². The lowest BCUT2D eigenvalue weighted by Crippen LogP contribution is -2.42. The molecule has 0 unspecified atom stereocenters. The minimum absolute atomic E-state index is 0.122. The standard InChI is InChI=1S/C25H23F3N2O3S/c26-25(27,28)19-10-7-11-20(16-19)30(34(32,33)21-12-2-1-3-13-21)17-24(31)29-23-15-6-9-18-8-4-5-14-22(18)23/h1-5,7-8,10-14,16,23H,6,9,15,17H2,(H,29,31)/t23-/m1/s1. The molecule has 178 valence electrons. The minimum atomic E-state index is -4.66. The molecule has 1 atom stereocenters. The SMILES string of the molecule is O=C(CN(c1cccc(C(F)(F)F)c1)S(=O)(=O)c1ccccc1)N[C@@H]1CCCc2ccccc21. The summed E-state index contributed by atoms with van der Waals surface area (Å²) < 4.78 is 67.4. The number of fused-ring (bicyclic) bond motifs is 1. The molecule has 0 heterocycles. The first kappa shape index (κ1) is 23.8. The van der Waals surface area contributed by atoms with Crippen molar-refractivity contribution in [1.82, 2.24) is 5.32 Å². The van der Waals surface area contributed by atoms with E-state index in [1.54, 1.807) is 6.07 Å². The number of hydrogen-bond donors (Lipinski definition) is 1. The normalized spacial score (nSPS) is 15.9. The Bertz CT molecular complexity index is 1280. The molecule has 0 aliphatic heterocycles. The smallest absolute Gasteiger partial charge is 0.348 e. The van der Waals surface area contributed by atoms with E-state index in [1.165, 1.54) is 30.3 Å². The first-order valence-corrected chi connectivity index (χ1v) is 12.2. The number of carbonyl (C=O) groups is 1. The van der Waals surface area contributed by atoms with Crippen molar-refractivity contribution < 1.29 is 26.4 Å². The summed E-state index contributed by atoms with van der Waals surface area (Å²) in [4.78, 5) is 12.9. The van der Waals surface area contributed by atoms with Crippen LogP contribution in [0.15, 0.2) is 83.8 Å². The van der Waals surface area contributed by atoms with Gasteiger partial charge in [-0.2, -0.15) is 13.2 Å². The summed E-state index contributed by atoms with van der Waals surface area (Å²) in [5.41, 5.74) is 0.849. The van der Waals surface area contributed by atoms with Crippen molar-refractivity contribution in [2.45, 2.75) is 36.4 Å². The maximum absolute atomic E-state index is 13.4. The lowest BCUT2D eigenvalue weighted by molar-refractivity contribution is -0.137. The van der Waals surface area contributed by atoms with E-state index in [2.05, 4.69) is 5.32 Å². The summed E-state index contributed by atoms with van der Waals surface area (Å²) in [5, 5.41) is 2.88. The first-order chi connectivity index (χ1) is 16.2. The van der Waals surface area contributed by atoms with Crippen LogP contribution in [0, 0.1) is 0 Å². The quantitative estimate of drug-likeness (QED) is 0.525. The van der Waals surface area contributed by atoms with Crippen LogP contribution in [-0.2, 0) is 27.4 Å². The fourth-order valence-electron chi connectivity index (χ4n) is 4.15. The molecule has 0 aromatic heterocycles. The summed E-state index contributed by atoms with van der Waals surface area (Å²) >= 11 is 0. The predicted molar refractivity (Wildman–Crippen MR) is 123 cm³/mol. The zero-order valence-corrected chi connectivity index (χ0v) is 18.9. The number of nitrogens with zero attached hydrogens (tertiary/aromatic N) is 1. The largest absolute Gasteiger partial charge is 0.416 e. The third-order valence-electron chi connectivity index (χ3n) is 5.78. The molecule has 0 bridgehead atoms. The second-order valence-electron chi connectivity index (χ2n) is 8.08. The van der Waals surface area contributed by atoms with Gasteiger partial charge in [-0.05, 0) is 60.7 Å². The summed E-state index contributed by atoms with van der Waals surface area (Å²) in [6.07, 6.45) is -2.22. The molecule has 0 spiro atoms. The van der Waals surface area contributed by atoms with Crippen LogP contribution < -0.4 is 9.62 Å². The van der Waals surface area contributed by atoms with Crippen molar-refractivity contribution in [2.24, 2.45) is 0 Å². The molecule has 3 aromatic carbocycles. The predicted octanol–water partition coefficient (Wildman–Crippen LogP) is 5.09. The molecule has 5 nitrogen and oxygen atoms in total. The average molecular weight is 489 g/mol. The maximum Gasteiger partial charge on any atom is 0.416 e. The van der Waals surface area contributed by atoms with Crippen LogP contribution in [0.25, 0.3) is 0 Å². The van der Waals surface area contributed by atoms with E-state index < -0.39 is 34.2 Å². The summed E-state index contributed by atoms with van der Waals surface area (Å²) in [5.74, 6) is -0.598. The molecular weight excluding hydrogens is 465 g/mol. The molecule has 0 fully saturated rings. The average Bonchev–Trinajstić information content (AvgIpc) is 2.83. The highest BCUT2D eigenvalue weighted by molar-refractivity contribution is 7.92. The lowest BCUT2D eigenvalue weighted by Gasteiger charge is -2.29. The van der Waals surface area contributed by atoms with E-state index in [0.29, 0.717) is 6.42 Å². The van der Waals surface area contributed by atoms with E-state index in [4.69, 9.17) is 0 Å². The topological polar surface area (TPSA) is 66.5 Å². The van der Waals surface area contributed by atoms with Crippen LogP contribution >= 0.6 is 0 Å². The number of carbonyl (C=O) groups excluding carboxylic acids is 1. The Labute approximate surface area is 196 Å². The fourth-order valence-corrected chi connectivity index (χ4v) is 5.58. The Kier molecular flexibility index (Phi) is 6.65. The zero-order valence-electron chi connectivity index (χ0n) is 18.1. The van der Waals surface area contributed by atoms with E-state index in [0.717, 1.165) is 46.5 Å². The van der Waals surface area contributed by atoms with Crippen LogP contribution in [0.3, 0.4) is 0 Å².